The molecule has 0 heterocycles. The van der Waals surface area contributed by atoms with Crippen LogP contribution in [0.5, 0.6) is 0 Å². The zero-order chi connectivity index (χ0) is 9.45. The summed E-state index contributed by atoms with van der Waals surface area (Å²) in [5, 5.41) is 3.06. The Bertz CT molecular complexity index is 211. The van der Waals surface area contributed by atoms with E-state index in [1.807, 2.05) is 6.08 Å². The van der Waals surface area contributed by atoms with Crippen molar-refractivity contribution in [1.82, 2.24) is 10.0 Å². The molecule has 0 aliphatic rings. The molecule has 4 nitrogen and oxygen atoms in total. The Hall–Kier alpha value is -0.390. The molecule has 5 heteroatoms. The molecule has 0 unspecified atom stereocenters. The first kappa shape index (κ1) is 11.6. The van der Waals surface area contributed by atoms with E-state index in [9.17, 15) is 8.42 Å². The largest absolute Gasteiger partial charge is 0.315 e. The maximum Gasteiger partial charge on any atom is 0.208 e. The number of hydrogen-bond donors (Lipinski definition) is 2. The van der Waals surface area contributed by atoms with E-state index >= 15 is 0 Å². The molecule has 0 aromatic heterocycles. The van der Waals surface area contributed by atoms with Crippen molar-refractivity contribution in [1.29, 1.82) is 0 Å². The maximum atomic E-state index is 10.6. The number of sulfonamides is 1. The number of hydrogen-bond acceptors (Lipinski definition) is 3. The Kier molecular flexibility index (Phi) is 5.96. The van der Waals surface area contributed by atoms with Crippen LogP contribution in [0.3, 0.4) is 0 Å². The predicted molar refractivity (Wildman–Crippen MR) is 50.5 cm³/mol. The highest BCUT2D eigenvalue weighted by atomic mass is 32.2. The van der Waals surface area contributed by atoms with Crippen molar-refractivity contribution in [3.05, 3.63) is 12.7 Å². The van der Waals surface area contributed by atoms with Crippen LogP contribution in [0.15, 0.2) is 12.7 Å². The lowest BCUT2D eigenvalue weighted by Gasteiger charge is -2.02. The van der Waals surface area contributed by atoms with Gasteiger partial charge in [0.05, 0.1) is 6.26 Å². The van der Waals surface area contributed by atoms with Crippen molar-refractivity contribution in [2.75, 3.05) is 25.9 Å². The molecule has 0 aromatic rings. The third-order valence-corrected chi connectivity index (χ3v) is 1.92. The second-order valence-corrected chi connectivity index (χ2v) is 4.33. The Morgan fingerprint density at radius 1 is 1.33 bits per heavy atom. The molecular weight excluding hydrogens is 176 g/mol. The van der Waals surface area contributed by atoms with Crippen LogP contribution in [0, 0.1) is 0 Å². The maximum absolute atomic E-state index is 10.6. The minimum atomic E-state index is -3.03. The van der Waals surface area contributed by atoms with E-state index in [1.54, 1.807) is 0 Å². The molecule has 2 N–H and O–H groups in total. The fraction of sp³-hybridized carbons (Fsp3) is 0.714. The molecule has 0 bridgehead atoms. The Balaban J connectivity index is 3.17. The summed E-state index contributed by atoms with van der Waals surface area (Å²) in [6.07, 6.45) is 3.87. The minimum Gasteiger partial charge on any atom is -0.315 e. The standard InChI is InChI=1S/C7H16N2O2S/c1-3-4-5-8-6-7-9-12(2,10)11/h3,8-9H,1,4-7H2,2H3. The smallest absolute Gasteiger partial charge is 0.208 e. The monoisotopic (exact) mass is 192 g/mol. The normalized spacial score (nSPS) is 11.4. The second kappa shape index (κ2) is 6.16. The summed E-state index contributed by atoms with van der Waals surface area (Å²) in [6.45, 7) is 5.50. The van der Waals surface area contributed by atoms with E-state index in [4.69, 9.17) is 0 Å². The van der Waals surface area contributed by atoms with Gasteiger partial charge in [0.1, 0.15) is 0 Å². The second-order valence-electron chi connectivity index (χ2n) is 2.49. The lowest BCUT2D eigenvalue weighted by Crippen LogP contribution is -2.31. The highest BCUT2D eigenvalue weighted by Gasteiger charge is 1.96. The van der Waals surface area contributed by atoms with Gasteiger partial charge in [0, 0.05) is 13.1 Å². The van der Waals surface area contributed by atoms with Gasteiger partial charge in [-0.1, -0.05) is 6.08 Å². The number of rotatable bonds is 7. The van der Waals surface area contributed by atoms with Crippen LogP contribution in [0.2, 0.25) is 0 Å². The van der Waals surface area contributed by atoms with Gasteiger partial charge >= 0.3 is 0 Å². The predicted octanol–water partition coefficient (Wildman–Crippen LogP) is -0.299. The molecule has 0 radical (unpaired) electrons. The molecule has 0 rings (SSSR count). The van der Waals surface area contributed by atoms with Gasteiger partial charge in [-0.3, -0.25) is 0 Å². The van der Waals surface area contributed by atoms with Crippen molar-refractivity contribution < 1.29 is 8.42 Å². The summed E-state index contributed by atoms with van der Waals surface area (Å²) in [7, 11) is -3.03. The molecule has 72 valence electrons. The fourth-order valence-corrected chi connectivity index (χ4v) is 1.13. The quantitative estimate of drug-likeness (QED) is 0.430. The molecule has 12 heavy (non-hydrogen) atoms. The van der Waals surface area contributed by atoms with E-state index < -0.39 is 10.0 Å². The van der Waals surface area contributed by atoms with Crippen LogP contribution >= 0.6 is 0 Å². The zero-order valence-corrected chi connectivity index (χ0v) is 8.15. The summed E-state index contributed by atoms with van der Waals surface area (Å²) in [5.74, 6) is 0. The Morgan fingerprint density at radius 2 is 2.00 bits per heavy atom. The molecule has 0 aromatic carbocycles. The van der Waals surface area contributed by atoms with Crippen molar-refractivity contribution in [3.8, 4) is 0 Å². The lowest BCUT2D eigenvalue weighted by molar-refractivity contribution is 0.582. The van der Waals surface area contributed by atoms with Crippen LogP contribution in [-0.4, -0.2) is 34.3 Å². The van der Waals surface area contributed by atoms with Gasteiger partial charge in [0.25, 0.3) is 0 Å². The zero-order valence-electron chi connectivity index (χ0n) is 7.34. The van der Waals surface area contributed by atoms with Crippen LogP contribution < -0.4 is 10.0 Å². The van der Waals surface area contributed by atoms with Crippen molar-refractivity contribution >= 4 is 10.0 Å². The van der Waals surface area contributed by atoms with E-state index in [2.05, 4.69) is 16.6 Å². The van der Waals surface area contributed by atoms with Crippen LogP contribution in [0.4, 0.5) is 0 Å². The van der Waals surface area contributed by atoms with E-state index in [0.29, 0.717) is 13.1 Å². The van der Waals surface area contributed by atoms with Gasteiger partial charge in [-0.2, -0.15) is 0 Å². The Morgan fingerprint density at radius 3 is 2.50 bits per heavy atom. The molecule has 0 saturated heterocycles. The summed E-state index contributed by atoms with van der Waals surface area (Å²) in [5.41, 5.74) is 0. The van der Waals surface area contributed by atoms with E-state index in [-0.39, 0.29) is 0 Å². The van der Waals surface area contributed by atoms with Crippen LogP contribution in [-0.2, 0) is 10.0 Å². The van der Waals surface area contributed by atoms with E-state index in [1.165, 1.54) is 0 Å². The SMILES string of the molecule is C=CCCNCCNS(C)(=O)=O. The molecule has 0 saturated carbocycles. The van der Waals surface area contributed by atoms with Crippen molar-refractivity contribution in [2.45, 2.75) is 6.42 Å². The summed E-state index contributed by atoms with van der Waals surface area (Å²) in [4.78, 5) is 0. The summed E-state index contributed by atoms with van der Waals surface area (Å²) < 4.78 is 23.5. The molecular formula is C7H16N2O2S. The molecule has 0 aliphatic carbocycles. The van der Waals surface area contributed by atoms with E-state index in [0.717, 1.165) is 19.2 Å². The fourth-order valence-electron chi connectivity index (χ4n) is 0.654. The first-order valence-corrected chi connectivity index (χ1v) is 5.71. The molecule has 0 spiro atoms. The van der Waals surface area contributed by atoms with Crippen LogP contribution in [0.25, 0.3) is 0 Å². The summed E-state index contributed by atoms with van der Waals surface area (Å²) >= 11 is 0. The third-order valence-electron chi connectivity index (χ3n) is 1.19. The molecule has 0 aliphatic heterocycles. The highest BCUT2D eigenvalue weighted by molar-refractivity contribution is 7.88. The van der Waals surface area contributed by atoms with Gasteiger partial charge in [0.15, 0.2) is 0 Å². The highest BCUT2D eigenvalue weighted by Crippen LogP contribution is 1.75. The molecule has 0 atom stereocenters. The van der Waals surface area contributed by atoms with Gasteiger partial charge in [-0.25, -0.2) is 13.1 Å². The first-order valence-electron chi connectivity index (χ1n) is 3.82. The van der Waals surface area contributed by atoms with Crippen LogP contribution in [0.1, 0.15) is 6.42 Å². The first-order chi connectivity index (χ1) is 5.56. The van der Waals surface area contributed by atoms with Crippen molar-refractivity contribution in [2.24, 2.45) is 0 Å². The lowest BCUT2D eigenvalue weighted by atomic mass is 10.4. The Labute approximate surface area is 74.1 Å². The third kappa shape index (κ3) is 9.61. The number of nitrogens with one attached hydrogen (secondary N) is 2. The van der Waals surface area contributed by atoms with Gasteiger partial charge in [0.2, 0.25) is 10.0 Å². The summed E-state index contributed by atoms with van der Waals surface area (Å²) in [6, 6.07) is 0. The van der Waals surface area contributed by atoms with Crippen molar-refractivity contribution in [3.63, 3.8) is 0 Å². The molecule has 0 fully saturated rings. The van der Waals surface area contributed by atoms with Gasteiger partial charge in [-0.05, 0) is 13.0 Å². The minimum absolute atomic E-state index is 0.440. The average molecular weight is 192 g/mol. The average Bonchev–Trinajstić information content (AvgIpc) is 1.94. The topological polar surface area (TPSA) is 58.2 Å². The van der Waals surface area contributed by atoms with Gasteiger partial charge in [-0.15, -0.1) is 6.58 Å². The van der Waals surface area contributed by atoms with Gasteiger partial charge < -0.3 is 5.32 Å². The molecule has 0 amide bonds.